The molecule has 0 bridgehead atoms. The molecule has 1 fully saturated rings. The molecule has 1 atom stereocenters. The number of hydrogen-bond donors (Lipinski definition) is 1. The van der Waals surface area contributed by atoms with Crippen molar-refractivity contribution in [3.63, 3.8) is 0 Å². The number of hydrogen-bond acceptors (Lipinski definition) is 5. The van der Waals surface area contributed by atoms with Gasteiger partial charge in [-0.1, -0.05) is 51.1 Å². The molecule has 1 aliphatic rings. The minimum atomic E-state index is 0.0740. The van der Waals surface area contributed by atoms with E-state index in [2.05, 4.69) is 43.1 Å². The number of nitrogens with one attached hydrogen (secondary N) is 1. The van der Waals surface area contributed by atoms with E-state index in [-0.39, 0.29) is 11.9 Å². The molecule has 1 aliphatic heterocycles. The van der Waals surface area contributed by atoms with Crippen molar-refractivity contribution in [1.82, 2.24) is 10.3 Å². The highest BCUT2D eigenvalue weighted by Gasteiger charge is 2.22. The van der Waals surface area contributed by atoms with E-state index in [0.29, 0.717) is 12.3 Å². The summed E-state index contributed by atoms with van der Waals surface area (Å²) >= 11 is 1.63. The first-order valence-corrected chi connectivity index (χ1v) is 10.6. The summed E-state index contributed by atoms with van der Waals surface area (Å²) in [4.78, 5) is 20.9. The molecule has 1 aromatic carbocycles. The van der Waals surface area contributed by atoms with Gasteiger partial charge in [-0.05, 0) is 12.3 Å². The Morgan fingerprint density at radius 2 is 1.96 bits per heavy atom. The van der Waals surface area contributed by atoms with Crippen LogP contribution in [0.25, 0.3) is 11.3 Å². The van der Waals surface area contributed by atoms with Gasteiger partial charge in [0, 0.05) is 29.6 Å². The van der Waals surface area contributed by atoms with E-state index in [0.717, 1.165) is 54.0 Å². The third-order valence-corrected chi connectivity index (χ3v) is 6.04. The monoisotopic (exact) mass is 387 g/mol. The van der Waals surface area contributed by atoms with E-state index < -0.39 is 0 Å². The molecule has 1 saturated heterocycles. The van der Waals surface area contributed by atoms with Crippen LogP contribution in [0.4, 0.5) is 5.13 Å². The Kier molecular flexibility index (Phi) is 6.85. The van der Waals surface area contributed by atoms with Crippen LogP contribution in [-0.4, -0.2) is 43.2 Å². The lowest BCUT2D eigenvalue weighted by Crippen LogP contribution is -2.38. The lowest BCUT2D eigenvalue weighted by Gasteiger charge is -2.26. The molecule has 2 aromatic rings. The van der Waals surface area contributed by atoms with E-state index in [1.807, 2.05) is 18.2 Å². The van der Waals surface area contributed by atoms with Gasteiger partial charge in [0.2, 0.25) is 5.91 Å². The van der Waals surface area contributed by atoms with Crippen molar-refractivity contribution < 1.29 is 9.53 Å². The van der Waals surface area contributed by atoms with E-state index in [1.165, 1.54) is 0 Å². The normalized spacial score (nSPS) is 15.8. The second kappa shape index (κ2) is 9.33. The standard InChI is InChI=1S/C21H29N3O2S/c1-4-17(15(2)3)22-19(25)14-18-20(16-8-6-5-7-9-16)23-21(27-18)24-10-12-26-13-11-24/h5-9,15,17H,4,10-14H2,1-3H3,(H,22,25)/t17-/m1/s1. The number of anilines is 1. The van der Waals surface area contributed by atoms with Gasteiger partial charge in [0.25, 0.3) is 0 Å². The molecule has 6 heteroatoms. The Morgan fingerprint density at radius 1 is 1.26 bits per heavy atom. The van der Waals surface area contributed by atoms with Crippen molar-refractivity contribution in [3.8, 4) is 11.3 Å². The molecule has 0 unspecified atom stereocenters. The number of morpholine rings is 1. The summed E-state index contributed by atoms with van der Waals surface area (Å²) in [6, 6.07) is 10.4. The Hall–Kier alpha value is -1.92. The van der Waals surface area contributed by atoms with E-state index in [1.54, 1.807) is 11.3 Å². The predicted octanol–water partition coefficient (Wildman–Crippen LogP) is 3.74. The second-order valence-corrected chi connectivity index (χ2v) is 8.30. The van der Waals surface area contributed by atoms with Gasteiger partial charge in [-0.2, -0.15) is 0 Å². The zero-order chi connectivity index (χ0) is 19.2. The first kappa shape index (κ1) is 19.8. The molecular formula is C21H29N3O2S. The van der Waals surface area contributed by atoms with Gasteiger partial charge in [-0.15, -0.1) is 11.3 Å². The zero-order valence-electron chi connectivity index (χ0n) is 16.4. The van der Waals surface area contributed by atoms with Crippen LogP contribution < -0.4 is 10.2 Å². The van der Waals surface area contributed by atoms with Crippen LogP contribution >= 0.6 is 11.3 Å². The van der Waals surface area contributed by atoms with Crippen LogP contribution in [0.1, 0.15) is 32.1 Å². The number of nitrogens with zero attached hydrogens (tertiary/aromatic N) is 2. The summed E-state index contributed by atoms with van der Waals surface area (Å²) in [6.07, 6.45) is 1.31. The number of aromatic nitrogens is 1. The third-order valence-electron chi connectivity index (χ3n) is 4.93. The predicted molar refractivity (Wildman–Crippen MR) is 111 cm³/mol. The Labute approximate surface area is 165 Å². The lowest BCUT2D eigenvalue weighted by atomic mass is 10.0. The van der Waals surface area contributed by atoms with Crippen molar-refractivity contribution in [2.45, 2.75) is 39.7 Å². The molecule has 1 N–H and O–H groups in total. The molecular weight excluding hydrogens is 358 g/mol. The molecule has 0 spiro atoms. The van der Waals surface area contributed by atoms with Crippen LogP contribution in [0.5, 0.6) is 0 Å². The summed E-state index contributed by atoms with van der Waals surface area (Å²) < 4.78 is 5.46. The maximum absolute atomic E-state index is 12.7. The molecule has 146 valence electrons. The topological polar surface area (TPSA) is 54.5 Å². The molecule has 5 nitrogen and oxygen atoms in total. The summed E-state index contributed by atoms with van der Waals surface area (Å²) in [5, 5.41) is 4.17. The summed E-state index contributed by atoms with van der Waals surface area (Å²) in [6.45, 7) is 9.55. The maximum atomic E-state index is 12.7. The second-order valence-electron chi connectivity index (χ2n) is 7.24. The molecule has 1 amide bonds. The van der Waals surface area contributed by atoms with Gasteiger partial charge in [0.1, 0.15) is 0 Å². The van der Waals surface area contributed by atoms with Gasteiger partial charge in [0.15, 0.2) is 5.13 Å². The molecule has 3 rings (SSSR count). The van der Waals surface area contributed by atoms with Gasteiger partial charge >= 0.3 is 0 Å². The third kappa shape index (κ3) is 5.08. The molecule has 2 heterocycles. The first-order chi connectivity index (χ1) is 13.1. The van der Waals surface area contributed by atoms with Gasteiger partial charge in [-0.3, -0.25) is 4.79 Å². The van der Waals surface area contributed by atoms with Crippen LogP contribution in [0.15, 0.2) is 30.3 Å². The van der Waals surface area contributed by atoms with E-state index in [4.69, 9.17) is 9.72 Å². The maximum Gasteiger partial charge on any atom is 0.225 e. The van der Waals surface area contributed by atoms with Crippen molar-refractivity contribution in [3.05, 3.63) is 35.2 Å². The Morgan fingerprint density at radius 3 is 2.59 bits per heavy atom. The largest absolute Gasteiger partial charge is 0.378 e. The molecule has 0 saturated carbocycles. The smallest absolute Gasteiger partial charge is 0.225 e. The fourth-order valence-electron chi connectivity index (χ4n) is 3.31. The van der Waals surface area contributed by atoms with Gasteiger partial charge in [0.05, 0.1) is 25.3 Å². The Bertz CT molecular complexity index is 739. The fraction of sp³-hybridized carbons (Fsp3) is 0.524. The number of ether oxygens (including phenoxy) is 1. The fourth-order valence-corrected chi connectivity index (χ4v) is 4.45. The highest BCUT2D eigenvalue weighted by molar-refractivity contribution is 7.16. The highest BCUT2D eigenvalue weighted by Crippen LogP contribution is 2.34. The lowest BCUT2D eigenvalue weighted by molar-refractivity contribution is -0.121. The average molecular weight is 388 g/mol. The molecule has 1 aromatic heterocycles. The summed E-state index contributed by atoms with van der Waals surface area (Å²) in [5.41, 5.74) is 1.99. The number of carbonyl (C=O) groups is 1. The van der Waals surface area contributed by atoms with Crippen LogP contribution in [0, 0.1) is 5.92 Å². The average Bonchev–Trinajstić information content (AvgIpc) is 3.11. The van der Waals surface area contributed by atoms with Crippen molar-refractivity contribution in [2.75, 3.05) is 31.2 Å². The molecule has 0 aliphatic carbocycles. The van der Waals surface area contributed by atoms with Crippen molar-refractivity contribution >= 4 is 22.4 Å². The number of rotatable bonds is 7. The zero-order valence-corrected chi connectivity index (χ0v) is 17.2. The SMILES string of the molecule is CC[C@@H](NC(=O)Cc1sc(N2CCOCC2)nc1-c1ccccc1)C(C)C. The first-order valence-electron chi connectivity index (χ1n) is 9.75. The highest BCUT2D eigenvalue weighted by atomic mass is 32.1. The summed E-state index contributed by atoms with van der Waals surface area (Å²) in [5.74, 6) is 0.503. The molecule has 0 radical (unpaired) electrons. The van der Waals surface area contributed by atoms with Crippen LogP contribution in [0.3, 0.4) is 0 Å². The van der Waals surface area contributed by atoms with Gasteiger partial charge in [-0.25, -0.2) is 4.98 Å². The van der Waals surface area contributed by atoms with Crippen molar-refractivity contribution in [2.24, 2.45) is 5.92 Å². The van der Waals surface area contributed by atoms with E-state index in [9.17, 15) is 4.79 Å². The minimum Gasteiger partial charge on any atom is -0.378 e. The quantitative estimate of drug-likeness (QED) is 0.786. The van der Waals surface area contributed by atoms with Crippen LogP contribution in [0.2, 0.25) is 0 Å². The van der Waals surface area contributed by atoms with Gasteiger partial charge < -0.3 is 15.0 Å². The number of amides is 1. The summed E-state index contributed by atoms with van der Waals surface area (Å²) in [7, 11) is 0. The number of thiazole rings is 1. The number of benzene rings is 1. The molecule has 27 heavy (non-hydrogen) atoms. The van der Waals surface area contributed by atoms with Crippen LogP contribution in [-0.2, 0) is 16.0 Å². The van der Waals surface area contributed by atoms with E-state index >= 15 is 0 Å². The Balaban J connectivity index is 1.83. The van der Waals surface area contributed by atoms with Crippen molar-refractivity contribution in [1.29, 1.82) is 0 Å². The minimum absolute atomic E-state index is 0.0740. The number of carbonyl (C=O) groups excluding carboxylic acids is 1.